The van der Waals surface area contributed by atoms with Gasteiger partial charge in [-0.15, -0.1) is 0 Å². The van der Waals surface area contributed by atoms with Gasteiger partial charge in [-0.1, -0.05) is 5.16 Å². The van der Waals surface area contributed by atoms with Gasteiger partial charge in [0.05, 0.1) is 12.1 Å². The molecule has 16 heavy (non-hydrogen) atoms. The minimum Gasteiger partial charge on any atom is -0.380 e. The van der Waals surface area contributed by atoms with Crippen LogP contribution in [0.2, 0.25) is 0 Å². The van der Waals surface area contributed by atoms with E-state index in [1.165, 1.54) is 0 Å². The van der Waals surface area contributed by atoms with E-state index in [0.717, 1.165) is 13.0 Å². The number of nitrogens with one attached hydrogen (secondary N) is 1. The fourth-order valence-electron chi connectivity index (χ4n) is 1.73. The third-order valence-corrected chi connectivity index (χ3v) is 2.64. The summed E-state index contributed by atoms with van der Waals surface area (Å²) in [5, 5.41) is 7.14. The molecule has 2 rings (SSSR count). The van der Waals surface area contributed by atoms with Crippen molar-refractivity contribution in [3.63, 3.8) is 0 Å². The van der Waals surface area contributed by atoms with Crippen LogP contribution in [0.1, 0.15) is 31.1 Å². The zero-order valence-corrected chi connectivity index (χ0v) is 9.60. The summed E-state index contributed by atoms with van der Waals surface area (Å²) in [6.07, 6.45) is 1.10. The summed E-state index contributed by atoms with van der Waals surface area (Å²) in [6.45, 7) is 3.81. The highest BCUT2D eigenvalue weighted by atomic mass is 16.5. The van der Waals surface area contributed by atoms with E-state index >= 15 is 0 Å². The maximum Gasteiger partial charge on any atom is 0.243 e. The Morgan fingerprint density at radius 1 is 1.56 bits per heavy atom. The minimum atomic E-state index is 0.104. The number of aromatic nitrogens is 2. The molecule has 1 aliphatic rings. The number of methoxy groups -OCH3 is 1. The molecule has 1 aromatic rings. The van der Waals surface area contributed by atoms with Crippen molar-refractivity contribution in [2.24, 2.45) is 0 Å². The first-order valence-electron chi connectivity index (χ1n) is 5.50. The van der Waals surface area contributed by atoms with Crippen LogP contribution in [0.4, 0.5) is 0 Å². The van der Waals surface area contributed by atoms with Gasteiger partial charge in [0.15, 0.2) is 5.82 Å². The molecule has 1 fully saturated rings. The number of rotatable bonds is 5. The van der Waals surface area contributed by atoms with Crippen LogP contribution in [0.25, 0.3) is 0 Å². The molecule has 1 N–H and O–H groups in total. The van der Waals surface area contributed by atoms with Crippen LogP contribution >= 0.6 is 0 Å². The highest BCUT2D eigenvalue weighted by Crippen LogP contribution is 2.23. The van der Waals surface area contributed by atoms with Crippen molar-refractivity contribution < 1.29 is 14.0 Å². The Kier molecular flexibility index (Phi) is 3.87. The SMILES string of the molecule is CCOCc1noc(C2CC(OC)CN2)n1. The van der Waals surface area contributed by atoms with Crippen LogP contribution < -0.4 is 5.32 Å². The number of nitrogens with zero attached hydrogens (tertiary/aromatic N) is 2. The van der Waals surface area contributed by atoms with E-state index < -0.39 is 0 Å². The van der Waals surface area contributed by atoms with Gasteiger partial charge in [0, 0.05) is 20.3 Å². The van der Waals surface area contributed by atoms with Crippen molar-refractivity contribution in [3.8, 4) is 0 Å². The fourth-order valence-corrected chi connectivity index (χ4v) is 1.73. The molecule has 2 heterocycles. The molecule has 0 aliphatic carbocycles. The topological polar surface area (TPSA) is 69.4 Å². The fraction of sp³-hybridized carbons (Fsp3) is 0.800. The van der Waals surface area contributed by atoms with Crippen LogP contribution in [-0.4, -0.2) is 36.5 Å². The lowest BCUT2D eigenvalue weighted by atomic mass is 10.2. The predicted molar refractivity (Wildman–Crippen MR) is 55.8 cm³/mol. The summed E-state index contributed by atoms with van der Waals surface area (Å²) >= 11 is 0. The Morgan fingerprint density at radius 2 is 2.44 bits per heavy atom. The largest absolute Gasteiger partial charge is 0.380 e. The molecule has 1 aliphatic heterocycles. The molecule has 6 nitrogen and oxygen atoms in total. The Hall–Kier alpha value is -0.980. The van der Waals surface area contributed by atoms with Gasteiger partial charge >= 0.3 is 0 Å². The molecule has 2 atom stereocenters. The van der Waals surface area contributed by atoms with Crippen molar-refractivity contribution in [1.82, 2.24) is 15.5 Å². The Labute approximate surface area is 94.3 Å². The second-order valence-corrected chi connectivity index (χ2v) is 3.74. The molecular formula is C10H17N3O3. The molecule has 2 unspecified atom stereocenters. The van der Waals surface area contributed by atoms with Crippen LogP contribution in [0.3, 0.4) is 0 Å². The molecule has 0 spiro atoms. The second kappa shape index (κ2) is 5.38. The highest BCUT2D eigenvalue weighted by molar-refractivity contribution is 4.97. The smallest absolute Gasteiger partial charge is 0.243 e. The van der Waals surface area contributed by atoms with Gasteiger partial charge in [0.25, 0.3) is 0 Å². The Morgan fingerprint density at radius 3 is 3.12 bits per heavy atom. The first-order valence-corrected chi connectivity index (χ1v) is 5.50. The average molecular weight is 227 g/mol. The molecule has 0 saturated carbocycles. The number of hydrogen-bond acceptors (Lipinski definition) is 6. The molecule has 1 aromatic heterocycles. The lowest BCUT2D eigenvalue weighted by molar-refractivity contribution is 0.116. The van der Waals surface area contributed by atoms with Gasteiger partial charge in [-0.25, -0.2) is 0 Å². The monoisotopic (exact) mass is 227 g/mol. The van der Waals surface area contributed by atoms with Crippen molar-refractivity contribution in [2.45, 2.75) is 32.1 Å². The molecule has 6 heteroatoms. The number of hydrogen-bond donors (Lipinski definition) is 1. The summed E-state index contributed by atoms with van der Waals surface area (Å²) in [7, 11) is 1.71. The first-order chi connectivity index (χ1) is 7.83. The van der Waals surface area contributed by atoms with Crippen LogP contribution in [0.15, 0.2) is 4.52 Å². The molecule has 90 valence electrons. The maximum atomic E-state index is 5.26. The summed E-state index contributed by atoms with van der Waals surface area (Å²) in [6, 6.07) is 0.104. The van der Waals surface area contributed by atoms with Gasteiger partial charge in [0.2, 0.25) is 5.89 Å². The quantitative estimate of drug-likeness (QED) is 0.796. The molecular weight excluding hydrogens is 210 g/mol. The maximum absolute atomic E-state index is 5.26. The van der Waals surface area contributed by atoms with E-state index in [1.807, 2.05) is 6.92 Å². The van der Waals surface area contributed by atoms with Gasteiger partial charge in [-0.3, -0.25) is 0 Å². The van der Waals surface area contributed by atoms with E-state index in [4.69, 9.17) is 14.0 Å². The summed E-state index contributed by atoms with van der Waals surface area (Å²) < 4.78 is 15.6. The van der Waals surface area contributed by atoms with Crippen molar-refractivity contribution in [1.29, 1.82) is 0 Å². The lowest BCUT2D eigenvalue weighted by Gasteiger charge is -2.04. The normalized spacial score (nSPS) is 25.1. The molecule has 1 saturated heterocycles. The average Bonchev–Trinajstić information content (AvgIpc) is 2.94. The van der Waals surface area contributed by atoms with Crippen molar-refractivity contribution in [2.75, 3.05) is 20.3 Å². The summed E-state index contributed by atoms with van der Waals surface area (Å²) in [5.74, 6) is 1.22. The second-order valence-electron chi connectivity index (χ2n) is 3.74. The third-order valence-electron chi connectivity index (χ3n) is 2.64. The van der Waals surface area contributed by atoms with E-state index in [1.54, 1.807) is 7.11 Å². The lowest BCUT2D eigenvalue weighted by Crippen LogP contribution is -2.16. The molecule has 0 amide bonds. The zero-order valence-electron chi connectivity index (χ0n) is 9.60. The van der Waals surface area contributed by atoms with Crippen LogP contribution in [0.5, 0.6) is 0 Å². The van der Waals surface area contributed by atoms with E-state index in [0.29, 0.717) is 24.9 Å². The minimum absolute atomic E-state index is 0.104. The van der Waals surface area contributed by atoms with Gasteiger partial charge in [-0.05, 0) is 13.3 Å². The first kappa shape index (κ1) is 11.5. The Balaban J connectivity index is 1.92. The predicted octanol–water partition coefficient (Wildman–Crippen LogP) is 0.655. The van der Waals surface area contributed by atoms with Crippen molar-refractivity contribution in [3.05, 3.63) is 11.7 Å². The van der Waals surface area contributed by atoms with E-state index in [2.05, 4.69) is 15.5 Å². The summed E-state index contributed by atoms with van der Waals surface area (Å²) in [5.41, 5.74) is 0. The molecule has 0 aromatic carbocycles. The Bertz CT molecular complexity index is 329. The van der Waals surface area contributed by atoms with Gasteiger partial charge < -0.3 is 19.3 Å². The van der Waals surface area contributed by atoms with E-state index in [-0.39, 0.29) is 12.1 Å². The molecule has 0 radical (unpaired) electrons. The van der Waals surface area contributed by atoms with Gasteiger partial charge in [0.1, 0.15) is 6.61 Å². The standard InChI is InChI=1S/C10H17N3O3/c1-3-15-6-9-12-10(16-13-9)8-4-7(14-2)5-11-8/h7-8,11H,3-6H2,1-2H3. The third kappa shape index (κ3) is 2.58. The molecule has 0 bridgehead atoms. The van der Waals surface area contributed by atoms with E-state index in [9.17, 15) is 0 Å². The van der Waals surface area contributed by atoms with Crippen LogP contribution in [-0.2, 0) is 16.1 Å². The highest BCUT2D eigenvalue weighted by Gasteiger charge is 2.29. The van der Waals surface area contributed by atoms with Crippen molar-refractivity contribution >= 4 is 0 Å². The van der Waals surface area contributed by atoms with Gasteiger partial charge in [-0.2, -0.15) is 4.98 Å². The zero-order chi connectivity index (χ0) is 11.4. The number of ether oxygens (including phenoxy) is 2. The summed E-state index contributed by atoms with van der Waals surface area (Å²) in [4.78, 5) is 4.28. The van der Waals surface area contributed by atoms with Crippen LogP contribution in [0, 0.1) is 0 Å².